The number of imide groups is 1. The van der Waals surface area contributed by atoms with E-state index < -0.39 is 23.2 Å². The predicted molar refractivity (Wildman–Crippen MR) is 123 cm³/mol. The van der Waals surface area contributed by atoms with E-state index in [0.717, 1.165) is 30.6 Å². The Labute approximate surface area is 197 Å². The maximum absolute atomic E-state index is 13.4. The van der Waals surface area contributed by atoms with Crippen LogP contribution >= 0.6 is 0 Å². The summed E-state index contributed by atoms with van der Waals surface area (Å²) in [7, 11) is 0. The van der Waals surface area contributed by atoms with Gasteiger partial charge >= 0.3 is 0 Å². The van der Waals surface area contributed by atoms with Crippen molar-refractivity contribution in [2.45, 2.75) is 68.2 Å². The molecule has 7 heteroatoms. The number of phenolic OH excluding ortho intramolecular Hbond substituents is 1. The van der Waals surface area contributed by atoms with Crippen molar-refractivity contribution in [3.05, 3.63) is 58.7 Å². The van der Waals surface area contributed by atoms with Crippen LogP contribution in [-0.2, 0) is 11.8 Å². The SMILES string of the molecule is CCCN1CC[C@]23c4c5ccc(O)c4O[C@H]2[C@H](N2C(=O)c4ccccc4C2=O)CC[C@@]3(O)[C@H]1C5. The Morgan fingerprint density at radius 3 is 2.53 bits per heavy atom. The third kappa shape index (κ3) is 2.16. The summed E-state index contributed by atoms with van der Waals surface area (Å²) < 4.78 is 6.52. The molecule has 2 aromatic carbocycles. The molecule has 0 unspecified atom stereocenters. The molecule has 34 heavy (non-hydrogen) atoms. The number of ether oxygens (including phenoxy) is 1. The molecule has 7 rings (SSSR count). The van der Waals surface area contributed by atoms with Crippen molar-refractivity contribution in [2.24, 2.45) is 0 Å². The second kappa shape index (κ2) is 6.61. The minimum absolute atomic E-state index is 0.0559. The number of amides is 2. The summed E-state index contributed by atoms with van der Waals surface area (Å²) in [5, 5.41) is 23.2. The predicted octanol–water partition coefficient (Wildman–Crippen LogP) is 2.62. The van der Waals surface area contributed by atoms with Crippen LogP contribution < -0.4 is 4.74 Å². The molecule has 3 heterocycles. The number of hydrogen-bond acceptors (Lipinski definition) is 6. The van der Waals surface area contributed by atoms with Crippen LogP contribution in [0.4, 0.5) is 0 Å². The largest absolute Gasteiger partial charge is 0.504 e. The molecule has 7 nitrogen and oxygen atoms in total. The number of carbonyl (C=O) groups is 2. The Morgan fingerprint density at radius 1 is 1.09 bits per heavy atom. The van der Waals surface area contributed by atoms with E-state index in [9.17, 15) is 19.8 Å². The second-order valence-corrected chi connectivity index (χ2v) is 10.5. The van der Waals surface area contributed by atoms with Gasteiger partial charge in [-0.3, -0.25) is 19.4 Å². The van der Waals surface area contributed by atoms with Gasteiger partial charge in [0.15, 0.2) is 11.5 Å². The van der Waals surface area contributed by atoms with Gasteiger partial charge in [-0.25, -0.2) is 0 Å². The standard InChI is InChI=1S/C27H28N2O5/c1-2-12-28-13-11-26-21-15-7-8-19(30)22(21)34-23(26)18(9-10-27(26,33)20(28)14-15)29-24(31)16-5-3-4-6-17(16)25(29)32/h3-8,18,20,23,30,33H,2,9-14H2,1H3/t18-,20-,23+,26+,27-/m1/s1. The van der Waals surface area contributed by atoms with Gasteiger partial charge in [0.05, 0.1) is 28.2 Å². The summed E-state index contributed by atoms with van der Waals surface area (Å²) in [5.74, 6) is -0.119. The van der Waals surface area contributed by atoms with E-state index in [0.29, 0.717) is 42.6 Å². The monoisotopic (exact) mass is 460 g/mol. The maximum Gasteiger partial charge on any atom is 0.261 e. The van der Waals surface area contributed by atoms with E-state index in [1.807, 2.05) is 6.07 Å². The number of aliphatic hydroxyl groups is 1. The van der Waals surface area contributed by atoms with Crippen LogP contribution in [-0.4, -0.2) is 68.7 Å². The first-order valence-corrected chi connectivity index (χ1v) is 12.4. The van der Waals surface area contributed by atoms with E-state index in [2.05, 4.69) is 11.8 Å². The van der Waals surface area contributed by atoms with Crippen molar-refractivity contribution in [3.63, 3.8) is 0 Å². The lowest BCUT2D eigenvalue weighted by Gasteiger charge is -2.64. The second-order valence-electron chi connectivity index (χ2n) is 10.5. The van der Waals surface area contributed by atoms with Crippen molar-refractivity contribution < 1.29 is 24.5 Å². The van der Waals surface area contributed by atoms with Crippen LogP contribution in [0.3, 0.4) is 0 Å². The van der Waals surface area contributed by atoms with Crippen LogP contribution in [0.5, 0.6) is 11.5 Å². The van der Waals surface area contributed by atoms with Crippen molar-refractivity contribution in [2.75, 3.05) is 13.1 Å². The zero-order valence-electron chi connectivity index (χ0n) is 19.2. The minimum atomic E-state index is -1.05. The number of piperidine rings is 1. The summed E-state index contributed by atoms with van der Waals surface area (Å²) in [6, 6.07) is 9.99. The molecule has 3 aliphatic heterocycles. The quantitative estimate of drug-likeness (QED) is 0.685. The van der Waals surface area contributed by atoms with Gasteiger partial charge in [0.2, 0.25) is 0 Å². The molecule has 5 aliphatic rings. The van der Waals surface area contributed by atoms with Gasteiger partial charge in [0.1, 0.15) is 6.10 Å². The number of nitrogens with zero attached hydrogens (tertiary/aromatic N) is 2. The molecule has 2 amide bonds. The fraction of sp³-hybridized carbons (Fsp3) is 0.481. The highest BCUT2D eigenvalue weighted by Gasteiger charge is 2.74. The van der Waals surface area contributed by atoms with Gasteiger partial charge in [-0.05, 0) is 69.0 Å². The highest BCUT2D eigenvalue weighted by molar-refractivity contribution is 6.21. The first-order chi connectivity index (χ1) is 16.4. The normalized spacial score (nSPS) is 35.2. The highest BCUT2D eigenvalue weighted by atomic mass is 16.5. The van der Waals surface area contributed by atoms with Gasteiger partial charge < -0.3 is 14.9 Å². The number of carbonyl (C=O) groups excluding carboxylic acids is 2. The topological polar surface area (TPSA) is 90.3 Å². The van der Waals surface area contributed by atoms with E-state index in [1.54, 1.807) is 30.3 Å². The molecule has 1 saturated carbocycles. The van der Waals surface area contributed by atoms with Crippen molar-refractivity contribution in [1.82, 2.24) is 9.80 Å². The van der Waals surface area contributed by atoms with Crippen LogP contribution in [0.2, 0.25) is 0 Å². The molecule has 176 valence electrons. The third-order valence-electron chi connectivity index (χ3n) is 9.21. The van der Waals surface area contributed by atoms with E-state index in [-0.39, 0.29) is 23.6 Å². The molecule has 2 aromatic rings. The molecule has 1 spiro atoms. The van der Waals surface area contributed by atoms with Gasteiger partial charge in [-0.1, -0.05) is 25.1 Å². The number of aromatic hydroxyl groups is 1. The fourth-order valence-corrected chi connectivity index (χ4v) is 7.93. The first-order valence-electron chi connectivity index (χ1n) is 12.4. The van der Waals surface area contributed by atoms with Crippen molar-refractivity contribution in [3.8, 4) is 11.5 Å². The van der Waals surface area contributed by atoms with Gasteiger partial charge in [-0.15, -0.1) is 0 Å². The van der Waals surface area contributed by atoms with Crippen LogP contribution in [0.15, 0.2) is 36.4 Å². The molecule has 2 bridgehead atoms. The number of benzene rings is 2. The Morgan fingerprint density at radius 2 is 1.82 bits per heavy atom. The molecule has 1 saturated heterocycles. The minimum Gasteiger partial charge on any atom is -0.504 e. The molecule has 5 atom stereocenters. The molecule has 2 fully saturated rings. The molecule has 2 aliphatic carbocycles. The Bertz CT molecular complexity index is 1220. The first kappa shape index (κ1) is 20.5. The van der Waals surface area contributed by atoms with Gasteiger partial charge in [-0.2, -0.15) is 0 Å². The number of fused-ring (bicyclic) bond motifs is 1. The smallest absolute Gasteiger partial charge is 0.261 e. The summed E-state index contributed by atoms with van der Waals surface area (Å²) in [4.78, 5) is 30.6. The van der Waals surface area contributed by atoms with Gasteiger partial charge in [0, 0.05) is 11.6 Å². The van der Waals surface area contributed by atoms with Gasteiger partial charge in [0.25, 0.3) is 11.8 Å². The Balaban J connectivity index is 1.40. The number of hydrogen-bond donors (Lipinski definition) is 2. The average Bonchev–Trinajstić information content (AvgIpc) is 3.31. The lowest BCUT2D eigenvalue weighted by molar-refractivity contribution is -0.195. The number of phenols is 1. The molecule has 0 radical (unpaired) electrons. The third-order valence-corrected chi connectivity index (χ3v) is 9.21. The summed E-state index contributed by atoms with van der Waals surface area (Å²) in [6.07, 6.45) is 2.72. The lowest BCUT2D eigenvalue weighted by Crippen LogP contribution is -2.78. The molecular formula is C27H28N2O5. The molecule has 0 aromatic heterocycles. The van der Waals surface area contributed by atoms with E-state index in [4.69, 9.17) is 4.74 Å². The van der Waals surface area contributed by atoms with E-state index in [1.165, 1.54) is 4.90 Å². The number of likely N-dealkylation sites (tertiary alicyclic amines) is 1. The molecule has 2 N–H and O–H groups in total. The van der Waals surface area contributed by atoms with E-state index >= 15 is 0 Å². The zero-order chi connectivity index (χ0) is 23.4. The number of rotatable bonds is 3. The van der Waals surface area contributed by atoms with Crippen LogP contribution in [0.1, 0.15) is 64.4 Å². The van der Waals surface area contributed by atoms with Crippen LogP contribution in [0, 0.1) is 0 Å². The summed E-state index contributed by atoms with van der Waals surface area (Å²) in [5.41, 5.74) is 1.02. The Kier molecular flexibility index (Phi) is 3.98. The lowest BCUT2D eigenvalue weighted by atomic mass is 9.48. The summed E-state index contributed by atoms with van der Waals surface area (Å²) >= 11 is 0. The van der Waals surface area contributed by atoms with Crippen molar-refractivity contribution in [1.29, 1.82) is 0 Å². The van der Waals surface area contributed by atoms with Crippen LogP contribution in [0.25, 0.3) is 0 Å². The fourth-order valence-electron chi connectivity index (χ4n) is 7.93. The average molecular weight is 461 g/mol. The molecular weight excluding hydrogens is 432 g/mol. The Hall–Kier alpha value is -2.90. The zero-order valence-corrected chi connectivity index (χ0v) is 19.2. The summed E-state index contributed by atoms with van der Waals surface area (Å²) in [6.45, 7) is 3.88. The van der Waals surface area contributed by atoms with Crippen molar-refractivity contribution >= 4 is 11.8 Å². The maximum atomic E-state index is 13.4. The highest BCUT2D eigenvalue weighted by Crippen LogP contribution is 2.66.